The summed E-state index contributed by atoms with van der Waals surface area (Å²) in [6, 6.07) is 0. The predicted molar refractivity (Wildman–Crippen MR) is 35.4 cm³/mol. The van der Waals surface area contributed by atoms with Crippen LogP contribution >= 0.6 is 0 Å². The van der Waals surface area contributed by atoms with Crippen LogP contribution in [0.2, 0.25) is 0 Å². The highest BCUT2D eigenvalue weighted by molar-refractivity contribution is 5.96. The molecule has 0 unspecified atom stereocenters. The van der Waals surface area contributed by atoms with Gasteiger partial charge in [0.15, 0.2) is 0 Å². The van der Waals surface area contributed by atoms with Gasteiger partial charge >= 0.3 is 6.18 Å². The van der Waals surface area contributed by atoms with E-state index in [-0.39, 0.29) is 0 Å². The lowest BCUT2D eigenvalue weighted by Crippen LogP contribution is -2.77. The maximum atomic E-state index is 11.6. The highest BCUT2D eigenvalue weighted by Gasteiger charge is 2.32. The molecule has 2 nitrogen and oxygen atoms in total. The summed E-state index contributed by atoms with van der Waals surface area (Å²) in [4.78, 5) is 0. The molecule has 0 radical (unpaired) electrons. The molecule has 0 rings (SSSR count). The summed E-state index contributed by atoms with van der Waals surface area (Å²) in [6.45, 7) is 2.48. The number of allylic oxidation sites excluding steroid dienone is 1. The van der Waals surface area contributed by atoms with Gasteiger partial charge in [-0.2, -0.15) is 13.2 Å². The van der Waals surface area contributed by atoms with Crippen molar-refractivity contribution in [3.63, 3.8) is 0 Å². The van der Waals surface area contributed by atoms with Crippen LogP contribution in [0.5, 0.6) is 0 Å². The molecule has 0 aromatic carbocycles. The predicted octanol–water partition coefficient (Wildman–Crippen LogP) is 0.665. The Kier molecular flexibility index (Phi) is 3.81. The normalized spacial score (nSPS) is 12.4. The smallest absolute Gasteiger partial charge is 0.320 e. The maximum Gasteiger partial charge on any atom is 0.432 e. The molecule has 0 aromatic rings. The van der Waals surface area contributed by atoms with Crippen LogP contribution in [0.15, 0.2) is 12.3 Å². The topological polar surface area (TPSA) is 40.5 Å². The van der Waals surface area contributed by atoms with Gasteiger partial charge in [0, 0.05) is 6.08 Å². The molecule has 0 aromatic heterocycles. The molecule has 0 heterocycles. The first-order valence-electron chi connectivity index (χ1n) is 3.14. The molecule has 0 aliphatic carbocycles. The minimum atomic E-state index is -4.52. The Hall–Kier alpha value is -0.840. The van der Waals surface area contributed by atoms with E-state index in [1.807, 2.05) is 6.92 Å². The molecule has 0 saturated carbocycles. The number of hydrogen-bond donors (Lipinski definition) is 2. The summed E-state index contributed by atoms with van der Waals surface area (Å²) in [5, 5.41) is 8.04. The van der Waals surface area contributed by atoms with Gasteiger partial charge in [0.05, 0.1) is 12.7 Å². The molecule has 0 amide bonds. The molecule has 3 N–H and O–H groups in total. The lowest BCUT2D eigenvalue weighted by atomic mass is 10.3. The van der Waals surface area contributed by atoms with Crippen molar-refractivity contribution in [2.75, 3.05) is 6.54 Å². The van der Waals surface area contributed by atoms with E-state index in [4.69, 9.17) is 5.41 Å². The second-order valence-electron chi connectivity index (χ2n) is 1.91. The Balaban J connectivity index is 3.88. The van der Waals surface area contributed by atoms with Crippen molar-refractivity contribution in [1.29, 1.82) is 5.41 Å². The van der Waals surface area contributed by atoms with Crippen LogP contribution in [-0.2, 0) is 0 Å². The van der Waals surface area contributed by atoms with Crippen molar-refractivity contribution in [3.05, 3.63) is 12.3 Å². The second kappa shape index (κ2) is 4.12. The Labute approximate surface area is 62.6 Å². The first-order chi connectivity index (χ1) is 4.98. The standard InChI is InChI=1S/C6H9F3N2/c1-2-11-4-3-5(10)6(7,8)9/h3-4,10-11H,2H2,1H3/p+1/b4-3-,10-5?. The van der Waals surface area contributed by atoms with Crippen LogP contribution < -0.4 is 5.32 Å². The number of rotatable bonds is 3. The van der Waals surface area contributed by atoms with E-state index in [2.05, 4.69) is 0 Å². The lowest BCUT2D eigenvalue weighted by molar-refractivity contribution is -0.584. The van der Waals surface area contributed by atoms with Crippen molar-refractivity contribution in [2.24, 2.45) is 0 Å². The highest BCUT2D eigenvalue weighted by Crippen LogP contribution is 2.16. The number of hydrogen-bond acceptors (Lipinski definition) is 1. The van der Waals surface area contributed by atoms with Gasteiger partial charge in [-0.25, -0.2) is 0 Å². The van der Waals surface area contributed by atoms with Crippen LogP contribution in [0.25, 0.3) is 0 Å². The van der Waals surface area contributed by atoms with Gasteiger partial charge in [-0.1, -0.05) is 0 Å². The van der Waals surface area contributed by atoms with Crippen LogP contribution in [0.4, 0.5) is 13.2 Å². The van der Waals surface area contributed by atoms with Crippen LogP contribution in [-0.4, -0.2) is 18.4 Å². The number of alkyl halides is 3. The van der Waals surface area contributed by atoms with Gasteiger partial charge in [-0.3, -0.25) is 5.41 Å². The largest absolute Gasteiger partial charge is 0.432 e. The van der Waals surface area contributed by atoms with Crippen LogP contribution in [0, 0.1) is 5.41 Å². The quantitative estimate of drug-likeness (QED) is 0.580. The fourth-order valence-corrected chi connectivity index (χ4v) is 0.395. The third kappa shape index (κ3) is 4.55. The van der Waals surface area contributed by atoms with Gasteiger partial charge < -0.3 is 5.32 Å². The summed E-state index contributed by atoms with van der Waals surface area (Å²) < 4.78 is 34.8. The Morgan fingerprint density at radius 1 is 1.55 bits per heavy atom. The molecule has 0 atom stereocenters. The third-order valence-corrected chi connectivity index (χ3v) is 0.940. The second-order valence-corrected chi connectivity index (χ2v) is 1.91. The fraction of sp³-hybridized carbons (Fsp3) is 0.500. The first kappa shape index (κ1) is 10.2. The average Bonchev–Trinajstić information content (AvgIpc) is 1.86. The molecule has 0 fully saturated rings. The van der Waals surface area contributed by atoms with Gasteiger partial charge in [0.2, 0.25) is 0 Å². The SMILES string of the molecule is CC[NH2+]/C=C\C(=N)C(F)(F)F. The van der Waals surface area contributed by atoms with E-state index < -0.39 is 11.9 Å². The number of quaternary nitrogens is 1. The van der Waals surface area contributed by atoms with E-state index in [0.29, 0.717) is 6.54 Å². The van der Waals surface area contributed by atoms with Crippen LogP contribution in [0.1, 0.15) is 6.92 Å². The summed E-state index contributed by atoms with van der Waals surface area (Å²) in [6.07, 6.45) is -2.54. The van der Waals surface area contributed by atoms with E-state index >= 15 is 0 Å². The van der Waals surface area contributed by atoms with E-state index in [9.17, 15) is 13.2 Å². The summed E-state index contributed by atoms with van der Waals surface area (Å²) >= 11 is 0. The van der Waals surface area contributed by atoms with Gasteiger partial charge in [-0.05, 0) is 6.92 Å². The lowest BCUT2D eigenvalue weighted by Gasteiger charge is -2.01. The summed E-state index contributed by atoms with van der Waals surface area (Å²) in [5.41, 5.74) is -1.32. The van der Waals surface area contributed by atoms with Gasteiger partial charge in [-0.15, -0.1) is 0 Å². The van der Waals surface area contributed by atoms with Crippen molar-refractivity contribution in [1.82, 2.24) is 0 Å². The zero-order valence-electron chi connectivity index (χ0n) is 6.07. The first-order valence-corrected chi connectivity index (χ1v) is 3.14. The van der Waals surface area contributed by atoms with Crippen molar-refractivity contribution in [3.8, 4) is 0 Å². The molecule has 0 aliphatic heterocycles. The zero-order valence-corrected chi connectivity index (χ0v) is 6.07. The fourth-order valence-electron chi connectivity index (χ4n) is 0.395. The maximum absolute atomic E-state index is 11.6. The highest BCUT2D eigenvalue weighted by atomic mass is 19.4. The van der Waals surface area contributed by atoms with Gasteiger partial charge in [0.1, 0.15) is 5.71 Å². The molecule has 0 saturated heterocycles. The Morgan fingerprint density at radius 3 is 2.45 bits per heavy atom. The van der Waals surface area contributed by atoms with Crippen molar-refractivity contribution >= 4 is 5.71 Å². The zero-order chi connectivity index (χ0) is 8.91. The van der Waals surface area contributed by atoms with Gasteiger partial charge in [0.25, 0.3) is 0 Å². The molecular formula is C6H10F3N2+. The van der Waals surface area contributed by atoms with Crippen molar-refractivity contribution < 1.29 is 18.5 Å². The third-order valence-electron chi connectivity index (χ3n) is 0.940. The number of nitrogens with one attached hydrogen (secondary N) is 1. The van der Waals surface area contributed by atoms with E-state index in [1.54, 1.807) is 5.32 Å². The minimum Gasteiger partial charge on any atom is -0.320 e. The number of halogens is 3. The Morgan fingerprint density at radius 2 is 2.09 bits per heavy atom. The summed E-state index contributed by atoms with van der Waals surface area (Å²) in [5.74, 6) is 0. The Bertz CT molecular complexity index is 160. The molecule has 11 heavy (non-hydrogen) atoms. The molecule has 0 aliphatic rings. The van der Waals surface area contributed by atoms with Crippen molar-refractivity contribution in [2.45, 2.75) is 13.1 Å². The minimum absolute atomic E-state index is 0.668. The van der Waals surface area contributed by atoms with E-state index in [0.717, 1.165) is 6.08 Å². The molecule has 64 valence electrons. The monoisotopic (exact) mass is 167 g/mol. The molecule has 5 heteroatoms. The average molecular weight is 167 g/mol. The molecular weight excluding hydrogens is 157 g/mol. The van der Waals surface area contributed by atoms with E-state index in [1.165, 1.54) is 6.20 Å². The summed E-state index contributed by atoms with van der Waals surface area (Å²) in [7, 11) is 0. The van der Waals surface area contributed by atoms with Crippen LogP contribution in [0.3, 0.4) is 0 Å². The molecule has 0 spiro atoms. The number of nitrogens with two attached hydrogens (primary N) is 1. The molecule has 0 bridgehead atoms.